The highest BCUT2D eigenvalue weighted by Crippen LogP contribution is 2.19. The lowest BCUT2D eigenvalue weighted by Gasteiger charge is -2.18. The maximum atomic E-state index is 5.81. The maximum Gasteiger partial charge on any atom is 0.118 e. The van der Waals surface area contributed by atoms with Crippen LogP contribution in [-0.4, -0.2) is 40.6 Å². The van der Waals surface area contributed by atoms with Crippen molar-refractivity contribution in [3.63, 3.8) is 0 Å². The number of benzene rings is 1. The van der Waals surface area contributed by atoms with Gasteiger partial charge in [-0.25, -0.2) is 0 Å². The van der Waals surface area contributed by atoms with Crippen molar-refractivity contribution < 1.29 is 14.2 Å². The van der Waals surface area contributed by atoms with Crippen molar-refractivity contribution in [3.8, 4) is 5.75 Å². The van der Waals surface area contributed by atoms with Gasteiger partial charge < -0.3 is 19.5 Å². The fraction of sp³-hybridized carbons (Fsp3) is 0.600. The number of nitrogens with one attached hydrogen (secondary N) is 1. The van der Waals surface area contributed by atoms with E-state index in [1.54, 1.807) is 7.11 Å². The van der Waals surface area contributed by atoms with Gasteiger partial charge in [0.1, 0.15) is 5.75 Å². The smallest absolute Gasteiger partial charge is 0.118 e. The molecular weight excluding hydrogens is 242 g/mol. The van der Waals surface area contributed by atoms with E-state index in [2.05, 4.69) is 17.4 Å². The van der Waals surface area contributed by atoms with Crippen molar-refractivity contribution >= 4 is 0 Å². The van der Waals surface area contributed by atoms with Crippen LogP contribution in [0.25, 0.3) is 0 Å². The van der Waals surface area contributed by atoms with Gasteiger partial charge in [-0.1, -0.05) is 12.1 Å². The van der Waals surface area contributed by atoms with Gasteiger partial charge in [0.25, 0.3) is 0 Å². The molecule has 0 bridgehead atoms. The second-order valence-corrected chi connectivity index (χ2v) is 4.88. The fourth-order valence-electron chi connectivity index (χ4n) is 2.25. The molecule has 106 valence electrons. The van der Waals surface area contributed by atoms with E-state index in [1.165, 1.54) is 5.56 Å². The van der Waals surface area contributed by atoms with Crippen molar-refractivity contribution in [2.24, 2.45) is 5.92 Å². The van der Waals surface area contributed by atoms with E-state index in [4.69, 9.17) is 14.2 Å². The number of methoxy groups -OCH3 is 1. The van der Waals surface area contributed by atoms with E-state index in [0.29, 0.717) is 12.5 Å². The van der Waals surface area contributed by atoms with Gasteiger partial charge in [0, 0.05) is 12.5 Å². The van der Waals surface area contributed by atoms with Crippen LogP contribution in [-0.2, 0) is 9.47 Å². The minimum absolute atomic E-state index is 0.216. The predicted octanol–water partition coefficient (Wildman–Crippen LogP) is 2.01. The third-order valence-electron chi connectivity index (χ3n) is 3.53. The Kier molecular flexibility index (Phi) is 5.63. The zero-order valence-electron chi connectivity index (χ0n) is 11.7. The first kappa shape index (κ1) is 14.3. The largest absolute Gasteiger partial charge is 0.497 e. The van der Waals surface area contributed by atoms with Crippen molar-refractivity contribution in [2.75, 3.05) is 40.6 Å². The van der Waals surface area contributed by atoms with Crippen molar-refractivity contribution in [1.29, 1.82) is 0 Å². The summed E-state index contributed by atoms with van der Waals surface area (Å²) < 4.78 is 16.3. The first-order chi connectivity index (χ1) is 9.33. The van der Waals surface area contributed by atoms with E-state index in [0.717, 1.165) is 32.0 Å². The lowest BCUT2D eigenvalue weighted by molar-refractivity contribution is 0.0758. The monoisotopic (exact) mass is 265 g/mol. The average molecular weight is 265 g/mol. The van der Waals surface area contributed by atoms with Crippen LogP contribution < -0.4 is 10.1 Å². The fourth-order valence-corrected chi connectivity index (χ4v) is 2.25. The van der Waals surface area contributed by atoms with Crippen LogP contribution in [0.15, 0.2) is 24.3 Å². The van der Waals surface area contributed by atoms with E-state index < -0.39 is 0 Å². The van der Waals surface area contributed by atoms with Crippen LogP contribution in [0.2, 0.25) is 0 Å². The standard InChI is InChI=1S/C15H23NO3/c1-16-15(11-19-10-12-7-8-18-9-12)13-3-5-14(17-2)6-4-13/h3-6,12,15-16H,7-11H2,1-2H3. The van der Waals surface area contributed by atoms with Gasteiger partial charge in [-0.15, -0.1) is 0 Å². The summed E-state index contributed by atoms with van der Waals surface area (Å²) in [7, 11) is 3.63. The highest BCUT2D eigenvalue weighted by molar-refractivity contribution is 5.29. The summed E-state index contributed by atoms with van der Waals surface area (Å²) in [6.07, 6.45) is 1.12. The maximum absolute atomic E-state index is 5.81. The Morgan fingerprint density at radius 1 is 1.37 bits per heavy atom. The molecule has 0 aromatic heterocycles. The van der Waals surface area contributed by atoms with E-state index in [1.807, 2.05) is 19.2 Å². The van der Waals surface area contributed by atoms with Crippen LogP contribution in [0.3, 0.4) is 0 Å². The Bertz CT molecular complexity index is 360. The lowest BCUT2D eigenvalue weighted by atomic mass is 10.1. The molecule has 1 heterocycles. The summed E-state index contributed by atoms with van der Waals surface area (Å²) in [4.78, 5) is 0. The molecule has 2 atom stereocenters. The van der Waals surface area contributed by atoms with Crippen LogP contribution in [0.5, 0.6) is 5.75 Å². The lowest BCUT2D eigenvalue weighted by Crippen LogP contribution is -2.23. The molecule has 0 saturated carbocycles. The minimum Gasteiger partial charge on any atom is -0.497 e. The zero-order chi connectivity index (χ0) is 13.5. The number of likely N-dealkylation sites (N-methyl/N-ethyl adjacent to an activating group) is 1. The predicted molar refractivity (Wildman–Crippen MR) is 74.5 cm³/mol. The highest BCUT2D eigenvalue weighted by atomic mass is 16.5. The summed E-state index contributed by atoms with van der Waals surface area (Å²) >= 11 is 0. The molecule has 0 spiro atoms. The van der Waals surface area contributed by atoms with Crippen molar-refractivity contribution in [3.05, 3.63) is 29.8 Å². The van der Waals surface area contributed by atoms with E-state index in [-0.39, 0.29) is 6.04 Å². The first-order valence-corrected chi connectivity index (χ1v) is 6.80. The summed E-state index contributed by atoms with van der Waals surface area (Å²) in [5.74, 6) is 1.44. The summed E-state index contributed by atoms with van der Waals surface area (Å²) in [5.41, 5.74) is 1.21. The van der Waals surface area contributed by atoms with Crippen LogP contribution in [0, 0.1) is 5.92 Å². The van der Waals surface area contributed by atoms with Crippen molar-refractivity contribution in [1.82, 2.24) is 5.32 Å². The molecule has 1 aliphatic rings. The summed E-state index contributed by atoms with van der Waals surface area (Å²) in [5, 5.41) is 3.28. The number of ether oxygens (including phenoxy) is 3. The van der Waals surface area contributed by atoms with Gasteiger partial charge in [0.2, 0.25) is 0 Å². The SMILES string of the molecule is CNC(COCC1CCOC1)c1ccc(OC)cc1. The van der Waals surface area contributed by atoms with Crippen LogP contribution in [0.4, 0.5) is 0 Å². The molecule has 1 aliphatic heterocycles. The molecule has 4 heteroatoms. The molecule has 0 radical (unpaired) electrons. The van der Waals surface area contributed by atoms with Gasteiger partial charge in [-0.3, -0.25) is 0 Å². The quantitative estimate of drug-likeness (QED) is 0.818. The Hall–Kier alpha value is -1.10. The van der Waals surface area contributed by atoms with Gasteiger partial charge in [-0.05, 0) is 31.2 Å². The Labute approximate surface area is 115 Å². The minimum atomic E-state index is 0.216. The third-order valence-corrected chi connectivity index (χ3v) is 3.53. The molecule has 1 aromatic rings. The molecule has 4 nitrogen and oxygen atoms in total. The van der Waals surface area contributed by atoms with Gasteiger partial charge >= 0.3 is 0 Å². The molecule has 1 saturated heterocycles. The molecule has 1 fully saturated rings. The number of hydrogen-bond acceptors (Lipinski definition) is 4. The van der Waals surface area contributed by atoms with Gasteiger partial charge in [-0.2, -0.15) is 0 Å². The van der Waals surface area contributed by atoms with Crippen LogP contribution in [0.1, 0.15) is 18.0 Å². The normalized spacial score (nSPS) is 20.4. The molecule has 2 rings (SSSR count). The van der Waals surface area contributed by atoms with Gasteiger partial charge in [0.15, 0.2) is 0 Å². The number of hydrogen-bond donors (Lipinski definition) is 1. The summed E-state index contributed by atoms with van der Waals surface area (Å²) in [6, 6.07) is 8.31. The second kappa shape index (κ2) is 7.48. The number of rotatable bonds is 7. The van der Waals surface area contributed by atoms with Crippen LogP contribution >= 0.6 is 0 Å². The molecular formula is C15H23NO3. The first-order valence-electron chi connectivity index (χ1n) is 6.80. The third kappa shape index (κ3) is 4.20. The Balaban J connectivity index is 1.80. The Morgan fingerprint density at radius 2 is 2.16 bits per heavy atom. The second-order valence-electron chi connectivity index (χ2n) is 4.88. The molecule has 1 aromatic carbocycles. The zero-order valence-corrected chi connectivity index (χ0v) is 11.7. The highest BCUT2D eigenvalue weighted by Gasteiger charge is 2.17. The van der Waals surface area contributed by atoms with Crippen molar-refractivity contribution in [2.45, 2.75) is 12.5 Å². The Morgan fingerprint density at radius 3 is 2.74 bits per heavy atom. The topological polar surface area (TPSA) is 39.7 Å². The molecule has 0 aliphatic carbocycles. The average Bonchev–Trinajstić information content (AvgIpc) is 2.97. The molecule has 2 unspecified atom stereocenters. The van der Waals surface area contributed by atoms with E-state index >= 15 is 0 Å². The van der Waals surface area contributed by atoms with Gasteiger partial charge in [0.05, 0.1) is 33.0 Å². The summed E-state index contributed by atoms with van der Waals surface area (Å²) in [6.45, 7) is 3.18. The van der Waals surface area contributed by atoms with E-state index in [9.17, 15) is 0 Å². The molecule has 19 heavy (non-hydrogen) atoms. The molecule has 1 N–H and O–H groups in total. The molecule has 0 amide bonds.